The summed E-state index contributed by atoms with van der Waals surface area (Å²) in [5.41, 5.74) is 0.451. The fourth-order valence-electron chi connectivity index (χ4n) is 1.97. The number of hydrogen-bond donors (Lipinski definition) is 2. The Morgan fingerprint density at radius 2 is 1.81 bits per heavy atom. The molecule has 1 rings (SSSR count). The van der Waals surface area contributed by atoms with Crippen LogP contribution >= 0.6 is 0 Å². The van der Waals surface area contributed by atoms with E-state index in [0.717, 1.165) is 17.7 Å². The predicted molar refractivity (Wildman–Crippen MR) is 103 cm³/mol. The highest BCUT2D eigenvalue weighted by molar-refractivity contribution is 5.94. The van der Waals surface area contributed by atoms with Gasteiger partial charge in [0.2, 0.25) is 5.91 Å². The standard InChI is InChI=1S/C20H28N2O5/c1-6-20(3,4)22-18(24)13-27-19(25)14(2)21-17(23)12-9-15-7-10-16(26-5)11-8-15/h7-12,14H,6,13H2,1-5H3,(H,21,23)(H,22,24)/b12-9+/t14-/m0/s1. The van der Waals surface area contributed by atoms with E-state index in [-0.39, 0.29) is 18.1 Å². The van der Waals surface area contributed by atoms with Gasteiger partial charge in [0.25, 0.3) is 5.91 Å². The third-order valence-electron chi connectivity index (χ3n) is 3.96. The highest BCUT2D eigenvalue weighted by Crippen LogP contribution is 2.12. The molecular weight excluding hydrogens is 348 g/mol. The maximum absolute atomic E-state index is 11.9. The SMILES string of the molecule is CCC(C)(C)NC(=O)COC(=O)[C@H](C)NC(=O)/C=C/c1ccc(OC)cc1. The van der Waals surface area contributed by atoms with Crippen molar-refractivity contribution in [3.63, 3.8) is 0 Å². The van der Waals surface area contributed by atoms with Crippen LogP contribution in [-0.4, -0.2) is 43.1 Å². The van der Waals surface area contributed by atoms with Crippen molar-refractivity contribution >= 4 is 23.9 Å². The largest absolute Gasteiger partial charge is 0.497 e. The van der Waals surface area contributed by atoms with Gasteiger partial charge in [-0.1, -0.05) is 19.1 Å². The van der Waals surface area contributed by atoms with Crippen LogP contribution in [0, 0.1) is 0 Å². The third-order valence-corrected chi connectivity index (χ3v) is 3.96. The van der Waals surface area contributed by atoms with Gasteiger partial charge in [0, 0.05) is 11.6 Å². The Morgan fingerprint density at radius 1 is 1.19 bits per heavy atom. The van der Waals surface area contributed by atoms with Crippen LogP contribution < -0.4 is 15.4 Å². The molecule has 0 bridgehead atoms. The van der Waals surface area contributed by atoms with Crippen molar-refractivity contribution in [2.45, 2.75) is 45.7 Å². The van der Waals surface area contributed by atoms with Gasteiger partial charge in [0.05, 0.1) is 7.11 Å². The molecule has 0 radical (unpaired) electrons. The van der Waals surface area contributed by atoms with Gasteiger partial charge < -0.3 is 20.1 Å². The first-order chi connectivity index (χ1) is 12.7. The average molecular weight is 376 g/mol. The molecular formula is C20H28N2O5. The first-order valence-electron chi connectivity index (χ1n) is 8.77. The van der Waals surface area contributed by atoms with Gasteiger partial charge in [0.1, 0.15) is 11.8 Å². The molecule has 1 aromatic rings. The van der Waals surface area contributed by atoms with Crippen LogP contribution in [0.25, 0.3) is 6.08 Å². The van der Waals surface area contributed by atoms with Crippen molar-refractivity contribution in [1.29, 1.82) is 0 Å². The number of benzene rings is 1. The number of ether oxygens (including phenoxy) is 2. The van der Waals surface area contributed by atoms with Crippen molar-refractivity contribution in [3.8, 4) is 5.75 Å². The zero-order valence-electron chi connectivity index (χ0n) is 16.5. The number of nitrogens with one attached hydrogen (secondary N) is 2. The summed E-state index contributed by atoms with van der Waals surface area (Å²) in [6, 6.07) is 6.29. The van der Waals surface area contributed by atoms with E-state index in [0.29, 0.717) is 0 Å². The Bertz CT molecular complexity index is 680. The molecule has 1 atom stereocenters. The lowest BCUT2D eigenvalue weighted by atomic mass is 10.0. The summed E-state index contributed by atoms with van der Waals surface area (Å²) in [4.78, 5) is 35.6. The van der Waals surface area contributed by atoms with Crippen molar-refractivity contribution < 1.29 is 23.9 Å². The number of carbonyl (C=O) groups excluding carboxylic acids is 3. The topological polar surface area (TPSA) is 93.7 Å². The van der Waals surface area contributed by atoms with Crippen molar-refractivity contribution in [1.82, 2.24) is 10.6 Å². The van der Waals surface area contributed by atoms with Gasteiger partial charge in [-0.15, -0.1) is 0 Å². The molecule has 148 valence electrons. The molecule has 0 aliphatic heterocycles. The Labute approximate surface area is 160 Å². The molecule has 0 heterocycles. The van der Waals surface area contributed by atoms with Crippen molar-refractivity contribution in [2.75, 3.05) is 13.7 Å². The molecule has 0 aromatic heterocycles. The van der Waals surface area contributed by atoms with Gasteiger partial charge in [0.15, 0.2) is 6.61 Å². The van der Waals surface area contributed by atoms with Gasteiger partial charge in [-0.2, -0.15) is 0 Å². The van der Waals surface area contributed by atoms with Gasteiger partial charge in [-0.3, -0.25) is 9.59 Å². The average Bonchev–Trinajstić information content (AvgIpc) is 2.64. The molecule has 0 aliphatic carbocycles. The summed E-state index contributed by atoms with van der Waals surface area (Å²) < 4.78 is 10.0. The van der Waals surface area contributed by atoms with Crippen LogP contribution in [0.15, 0.2) is 30.3 Å². The number of amides is 2. The third kappa shape index (κ3) is 8.40. The summed E-state index contributed by atoms with van der Waals surface area (Å²) in [5, 5.41) is 5.26. The summed E-state index contributed by atoms with van der Waals surface area (Å²) in [7, 11) is 1.58. The second kappa shape index (κ2) is 10.4. The highest BCUT2D eigenvalue weighted by atomic mass is 16.5. The summed E-state index contributed by atoms with van der Waals surface area (Å²) in [6.07, 6.45) is 3.69. The molecule has 0 fully saturated rings. The van der Waals surface area contributed by atoms with Crippen LogP contribution in [0.4, 0.5) is 0 Å². The fourth-order valence-corrected chi connectivity index (χ4v) is 1.97. The van der Waals surface area contributed by atoms with Crippen molar-refractivity contribution in [2.24, 2.45) is 0 Å². The monoisotopic (exact) mass is 376 g/mol. The maximum Gasteiger partial charge on any atom is 0.328 e. The lowest BCUT2D eigenvalue weighted by Crippen LogP contribution is -2.46. The molecule has 7 heteroatoms. The Balaban J connectivity index is 2.43. The summed E-state index contributed by atoms with van der Waals surface area (Å²) >= 11 is 0. The van der Waals surface area contributed by atoms with Crippen LogP contribution in [0.5, 0.6) is 5.75 Å². The van der Waals surface area contributed by atoms with Crippen LogP contribution in [0.2, 0.25) is 0 Å². The summed E-state index contributed by atoms with van der Waals surface area (Å²) in [5.74, 6) is -0.773. The molecule has 0 spiro atoms. The lowest BCUT2D eigenvalue weighted by molar-refractivity contribution is -0.151. The second-order valence-electron chi connectivity index (χ2n) is 6.73. The number of methoxy groups -OCH3 is 1. The number of rotatable bonds is 9. The van der Waals surface area contributed by atoms with E-state index in [9.17, 15) is 14.4 Å². The van der Waals surface area contributed by atoms with Gasteiger partial charge in [-0.25, -0.2) is 4.79 Å². The molecule has 27 heavy (non-hydrogen) atoms. The molecule has 7 nitrogen and oxygen atoms in total. The number of esters is 1. The molecule has 2 amide bonds. The normalized spacial score (nSPS) is 12.3. The zero-order chi connectivity index (χ0) is 20.4. The van der Waals surface area contributed by atoms with Crippen LogP contribution in [0.1, 0.15) is 39.7 Å². The van der Waals surface area contributed by atoms with E-state index in [1.54, 1.807) is 37.5 Å². The van der Waals surface area contributed by atoms with Gasteiger partial charge in [-0.05, 0) is 51.0 Å². The van der Waals surface area contributed by atoms with Crippen LogP contribution in [0.3, 0.4) is 0 Å². The minimum absolute atomic E-state index is 0.366. The van der Waals surface area contributed by atoms with E-state index in [4.69, 9.17) is 9.47 Å². The smallest absolute Gasteiger partial charge is 0.328 e. The minimum Gasteiger partial charge on any atom is -0.497 e. The Morgan fingerprint density at radius 3 is 2.37 bits per heavy atom. The van der Waals surface area contributed by atoms with Crippen molar-refractivity contribution in [3.05, 3.63) is 35.9 Å². The molecule has 0 saturated carbocycles. The van der Waals surface area contributed by atoms with Gasteiger partial charge >= 0.3 is 5.97 Å². The predicted octanol–water partition coefficient (Wildman–Crippen LogP) is 2.06. The van der Waals surface area contributed by atoms with E-state index in [2.05, 4.69) is 10.6 Å². The molecule has 0 saturated heterocycles. The van der Waals surface area contributed by atoms with Crippen LogP contribution in [-0.2, 0) is 19.1 Å². The van der Waals surface area contributed by atoms with E-state index >= 15 is 0 Å². The molecule has 2 N–H and O–H groups in total. The van der Waals surface area contributed by atoms with E-state index in [1.165, 1.54) is 13.0 Å². The maximum atomic E-state index is 11.9. The quantitative estimate of drug-likeness (QED) is 0.508. The number of carbonyl (C=O) groups is 3. The first kappa shape index (κ1) is 22.2. The highest BCUT2D eigenvalue weighted by Gasteiger charge is 2.21. The molecule has 0 unspecified atom stereocenters. The Hall–Kier alpha value is -2.83. The van der Waals surface area contributed by atoms with E-state index < -0.39 is 17.9 Å². The molecule has 1 aromatic carbocycles. The first-order valence-corrected chi connectivity index (χ1v) is 8.77. The zero-order valence-corrected chi connectivity index (χ0v) is 16.5. The number of hydrogen-bond acceptors (Lipinski definition) is 5. The lowest BCUT2D eigenvalue weighted by Gasteiger charge is -2.24. The Kier molecular flexibility index (Phi) is 8.51. The second-order valence-corrected chi connectivity index (χ2v) is 6.73. The minimum atomic E-state index is -0.870. The molecule has 0 aliphatic rings. The summed E-state index contributed by atoms with van der Waals surface area (Å²) in [6.45, 7) is 6.82. The fraction of sp³-hybridized carbons (Fsp3) is 0.450. The van der Waals surface area contributed by atoms with E-state index in [1.807, 2.05) is 20.8 Å².